The fraction of sp³-hybridized carbons (Fsp3) is 0.464. The van der Waals surface area contributed by atoms with Crippen molar-refractivity contribution in [1.82, 2.24) is 14.8 Å². The summed E-state index contributed by atoms with van der Waals surface area (Å²) in [5.41, 5.74) is 3.65. The quantitative estimate of drug-likeness (QED) is 0.366. The van der Waals surface area contributed by atoms with Crippen molar-refractivity contribution in [3.8, 4) is 5.75 Å². The number of aromatic nitrogens is 1. The van der Waals surface area contributed by atoms with E-state index >= 15 is 4.39 Å². The molecule has 9 heteroatoms. The fourth-order valence-electron chi connectivity index (χ4n) is 5.14. The monoisotopic (exact) mass is 517 g/mol. The third kappa shape index (κ3) is 5.93. The molecule has 0 aliphatic carbocycles. The van der Waals surface area contributed by atoms with Gasteiger partial charge in [0.05, 0.1) is 26.2 Å². The van der Waals surface area contributed by atoms with Crippen molar-refractivity contribution >= 4 is 16.9 Å². The number of ether oxygens (including phenoxy) is 2. The van der Waals surface area contributed by atoms with E-state index in [-0.39, 0.29) is 30.7 Å². The Balaban J connectivity index is 1.70. The summed E-state index contributed by atoms with van der Waals surface area (Å²) in [4.78, 5) is 19.4. The molecule has 1 aliphatic heterocycles. The predicted molar refractivity (Wildman–Crippen MR) is 137 cm³/mol. The van der Waals surface area contributed by atoms with E-state index in [0.717, 1.165) is 22.2 Å². The van der Waals surface area contributed by atoms with Crippen LogP contribution in [-0.4, -0.2) is 74.4 Å². The average molecular weight is 518 g/mol. The molecule has 1 aromatic heterocycles. The number of halogens is 3. The van der Waals surface area contributed by atoms with Crippen LogP contribution >= 0.6 is 0 Å². The number of H-pyrrole nitrogens is 1. The lowest BCUT2D eigenvalue weighted by molar-refractivity contribution is -0.141. The number of methoxy groups -OCH3 is 1. The lowest BCUT2D eigenvalue weighted by Gasteiger charge is -2.37. The lowest BCUT2D eigenvalue weighted by Crippen LogP contribution is -2.38. The number of aromatic amines is 1. The number of nitrogens with zero attached hydrogens (tertiary/aromatic N) is 2. The van der Waals surface area contributed by atoms with Crippen LogP contribution in [0.15, 0.2) is 30.3 Å². The standard InChI is InChI=1S/C28H34F3N3O3/c1-18-24(37-16-15-33(2)12-4-11-29)8-6-22(31)26(18)28-27-20(9-13-34(28)14-10-25(35)36-3)21-17-19(30)5-7-23(21)32-27/h5-8,17,28,32H,4,9-16H2,1-3H3. The highest BCUT2D eigenvalue weighted by Gasteiger charge is 2.35. The van der Waals surface area contributed by atoms with Crippen LogP contribution in [0.3, 0.4) is 0 Å². The van der Waals surface area contributed by atoms with Gasteiger partial charge in [-0.1, -0.05) is 0 Å². The molecule has 0 spiro atoms. The Labute approximate surface area is 215 Å². The molecule has 2 aromatic carbocycles. The average Bonchev–Trinajstić information content (AvgIpc) is 3.25. The second-order valence-corrected chi connectivity index (χ2v) is 9.50. The molecule has 0 amide bonds. The number of nitrogens with one attached hydrogen (secondary N) is 1. The zero-order valence-corrected chi connectivity index (χ0v) is 21.6. The van der Waals surface area contributed by atoms with Crippen molar-refractivity contribution in [3.05, 3.63) is 64.4 Å². The maximum Gasteiger partial charge on any atom is 0.306 e. The van der Waals surface area contributed by atoms with Gasteiger partial charge in [0.1, 0.15) is 24.0 Å². The number of rotatable bonds is 11. The molecule has 0 bridgehead atoms. The second-order valence-electron chi connectivity index (χ2n) is 9.50. The molecule has 1 N–H and O–H groups in total. The van der Waals surface area contributed by atoms with E-state index in [1.807, 2.05) is 18.9 Å². The fourth-order valence-corrected chi connectivity index (χ4v) is 5.14. The molecule has 0 saturated carbocycles. The van der Waals surface area contributed by atoms with Crippen molar-refractivity contribution in [2.24, 2.45) is 0 Å². The Morgan fingerprint density at radius 1 is 1.22 bits per heavy atom. The minimum Gasteiger partial charge on any atom is -0.492 e. The number of carbonyl (C=O) groups excluding carboxylic acids is 1. The highest BCUT2D eigenvalue weighted by atomic mass is 19.1. The van der Waals surface area contributed by atoms with Crippen molar-refractivity contribution < 1.29 is 27.4 Å². The molecule has 6 nitrogen and oxygen atoms in total. The third-order valence-electron chi connectivity index (χ3n) is 7.11. The van der Waals surface area contributed by atoms with Crippen LogP contribution in [0.2, 0.25) is 0 Å². The van der Waals surface area contributed by atoms with E-state index < -0.39 is 6.04 Å². The van der Waals surface area contributed by atoms with Crippen LogP contribution in [-0.2, 0) is 16.0 Å². The summed E-state index contributed by atoms with van der Waals surface area (Å²) < 4.78 is 53.0. The van der Waals surface area contributed by atoms with Gasteiger partial charge in [-0.3, -0.25) is 14.1 Å². The van der Waals surface area contributed by atoms with Gasteiger partial charge in [0, 0.05) is 48.3 Å². The lowest BCUT2D eigenvalue weighted by atomic mass is 9.89. The number of fused-ring (bicyclic) bond motifs is 3. The van der Waals surface area contributed by atoms with Crippen LogP contribution in [0, 0.1) is 18.6 Å². The number of carbonyl (C=O) groups is 1. The van der Waals surface area contributed by atoms with E-state index in [1.165, 1.54) is 25.3 Å². The number of hydrogen-bond acceptors (Lipinski definition) is 5. The van der Waals surface area contributed by atoms with Gasteiger partial charge in [-0.05, 0) is 68.3 Å². The predicted octanol–water partition coefficient (Wildman–Crippen LogP) is 4.94. The summed E-state index contributed by atoms with van der Waals surface area (Å²) >= 11 is 0. The highest BCUT2D eigenvalue weighted by Crippen LogP contribution is 2.42. The summed E-state index contributed by atoms with van der Waals surface area (Å²) in [5, 5.41) is 0.786. The molecule has 37 heavy (non-hydrogen) atoms. The van der Waals surface area contributed by atoms with E-state index in [0.29, 0.717) is 62.5 Å². The van der Waals surface area contributed by atoms with Crippen molar-refractivity contribution in [2.75, 3.05) is 53.6 Å². The first-order valence-corrected chi connectivity index (χ1v) is 12.6. The molecular formula is C28H34F3N3O3. The van der Waals surface area contributed by atoms with Crippen molar-refractivity contribution in [2.45, 2.75) is 32.2 Å². The van der Waals surface area contributed by atoms with Gasteiger partial charge >= 0.3 is 5.97 Å². The van der Waals surface area contributed by atoms with Crippen molar-refractivity contribution in [3.63, 3.8) is 0 Å². The maximum atomic E-state index is 15.6. The summed E-state index contributed by atoms with van der Waals surface area (Å²) in [6, 6.07) is 7.12. The molecule has 1 unspecified atom stereocenters. The van der Waals surface area contributed by atoms with E-state index in [1.54, 1.807) is 12.1 Å². The molecule has 1 atom stereocenters. The number of alkyl halides is 1. The molecule has 0 saturated heterocycles. The maximum absolute atomic E-state index is 15.6. The zero-order valence-electron chi connectivity index (χ0n) is 21.6. The van der Waals surface area contributed by atoms with E-state index in [2.05, 4.69) is 9.88 Å². The Hall–Kier alpha value is -3.04. The molecule has 0 fully saturated rings. The Kier molecular flexibility index (Phi) is 8.76. The van der Waals surface area contributed by atoms with Crippen LogP contribution in [0.5, 0.6) is 5.75 Å². The van der Waals surface area contributed by atoms with E-state index in [9.17, 15) is 13.6 Å². The van der Waals surface area contributed by atoms with Gasteiger partial charge in [-0.2, -0.15) is 0 Å². The number of likely N-dealkylation sites (N-methyl/N-ethyl adjacent to an activating group) is 1. The Bertz CT molecular complexity index is 1250. The minimum atomic E-state index is -0.514. The van der Waals surface area contributed by atoms with Crippen LogP contribution < -0.4 is 4.74 Å². The van der Waals surface area contributed by atoms with E-state index in [4.69, 9.17) is 9.47 Å². The van der Waals surface area contributed by atoms with Gasteiger partial charge < -0.3 is 19.4 Å². The summed E-state index contributed by atoms with van der Waals surface area (Å²) in [6.45, 7) is 4.04. The Morgan fingerprint density at radius 3 is 2.78 bits per heavy atom. The van der Waals surface area contributed by atoms with Crippen molar-refractivity contribution in [1.29, 1.82) is 0 Å². The van der Waals surface area contributed by atoms with Gasteiger partial charge in [-0.15, -0.1) is 0 Å². The molecule has 3 aromatic rings. The third-order valence-corrected chi connectivity index (χ3v) is 7.11. The first kappa shape index (κ1) is 27.0. The number of benzene rings is 2. The Morgan fingerprint density at radius 2 is 2.03 bits per heavy atom. The second kappa shape index (κ2) is 12.0. The first-order chi connectivity index (χ1) is 17.8. The molecule has 2 heterocycles. The first-order valence-electron chi connectivity index (χ1n) is 12.6. The normalized spacial score (nSPS) is 15.8. The minimum absolute atomic E-state index is 0.166. The smallest absolute Gasteiger partial charge is 0.306 e. The zero-order chi connectivity index (χ0) is 26.5. The number of hydrogen-bond donors (Lipinski definition) is 1. The molecular weight excluding hydrogens is 483 g/mol. The van der Waals surface area contributed by atoms with Gasteiger partial charge in [-0.25, -0.2) is 8.78 Å². The van der Waals surface area contributed by atoms with Crippen LogP contribution in [0.25, 0.3) is 10.9 Å². The SMILES string of the molecule is COC(=O)CCN1CCc2c([nH]c3ccc(F)cc23)C1c1c(F)ccc(OCCN(C)CCCF)c1C. The van der Waals surface area contributed by atoms with Gasteiger partial charge in [0.2, 0.25) is 0 Å². The molecule has 0 radical (unpaired) electrons. The summed E-state index contributed by atoms with van der Waals surface area (Å²) in [6.07, 6.45) is 1.27. The number of esters is 1. The van der Waals surface area contributed by atoms with Crippen LogP contribution in [0.1, 0.15) is 41.3 Å². The molecule has 200 valence electrons. The summed E-state index contributed by atoms with van der Waals surface area (Å²) in [5.74, 6) is -0.476. The van der Waals surface area contributed by atoms with Crippen LogP contribution in [0.4, 0.5) is 13.2 Å². The largest absolute Gasteiger partial charge is 0.492 e. The summed E-state index contributed by atoms with van der Waals surface area (Å²) in [7, 11) is 3.25. The molecule has 4 rings (SSSR count). The van der Waals surface area contributed by atoms with Gasteiger partial charge in [0.25, 0.3) is 0 Å². The highest BCUT2D eigenvalue weighted by molar-refractivity contribution is 5.85. The van der Waals surface area contributed by atoms with Gasteiger partial charge in [0.15, 0.2) is 0 Å². The molecule has 1 aliphatic rings. The topological polar surface area (TPSA) is 57.8 Å².